The maximum absolute atomic E-state index is 13.3. The molecule has 2 fully saturated rings. The van der Waals surface area contributed by atoms with Crippen LogP contribution in [-0.2, 0) is 4.79 Å². The highest BCUT2D eigenvalue weighted by atomic mass is 19.1. The van der Waals surface area contributed by atoms with Crippen molar-refractivity contribution in [1.82, 2.24) is 25.8 Å². The third-order valence-corrected chi connectivity index (χ3v) is 6.17. The first-order valence-electron chi connectivity index (χ1n) is 10.6. The molecule has 0 saturated carbocycles. The molecule has 0 bridgehead atoms. The van der Waals surface area contributed by atoms with Crippen molar-refractivity contribution in [2.24, 2.45) is 0 Å². The Labute approximate surface area is 185 Å². The molecule has 3 aliphatic rings. The molecule has 32 heavy (non-hydrogen) atoms. The van der Waals surface area contributed by atoms with Crippen molar-refractivity contribution < 1.29 is 14.0 Å². The zero-order valence-corrected chi connectivity index (χ0v) is 17.9. The maximum Gasteiger partial charge on any atom is 0.340 e. The summed E-state index contributed by atoms with van der Waals surface area (Å²) in [5.74, 6) is -0.539. The van der Waals surface area contributed by atoms with Gasteiger partial charge in [-0.2, -0.15) is 0 Å². The molecule has 2 aromatic carbocycles. The van der Waals surface area contributed by atoms with Gasteiger partial charge in [-0.25, -0.2) is 25.0 Å². The number of carbonyl (C=O) groups excluding carboxylic acids is 2. The van der Waals surface area contributed by atoms with Crippen molar-refractivity contribution in [2.45, 2.75) is 38.5 Å². The largest absolute Gasteiger partial charge is 0.340 e. The van der Waals surface area contributed by atoms with E-state index in [1.165, 1.54) is 17.1 Å². The number of fused-ring (bicyclic) bond motifs is 3. The summed E-state index contributed by atoms with van der Waals surface area (Å²) >= 11 is 0. The number of anilines is 1. The highest BCUT2D eigenvalue weighted by molar-refractivity contribution is 5.95. The van der Waals surface area contributed by atoms with Crippen molar-refractivity contribution >= 4 is 17.6 Å². The van der Waals surface area contributed by atoms with Crippen molar-refractivity contribution in [1.29, 1.82) is 0 Å². The first kappa shape index (κ1) is 20.5. The van der Waals surface area contributed by atoms with E-state index in [0.29, 0.717) is 0 Å². The Bertz CT molecular complexity index is 1090. The highest BCUT2D eigenvalue weighted by Crippen LogP contribution is 2.34. The average molecular weight is 436 g/mol. The molecule has 8 nitrogen and oxygen atoms in total. The lowest BCUT2D eigenvalue weighted by molar-refractivity contribution is -0.117. The van der Waals surface area contributed by atoms with E-state index < -0.39 is 0 Å². The average Bonchev–Trinajstić information content (AvgIpc) is 3.33. The predicted molar refractivity (Wildman–Crippen MR) is 117 cm³/mol. The molecule has 3 N–H and O–H groups in total. The summed E-state index contributed by atoms with van der Waals surface area (Å²) in [6.07, 6.45) is 3.95. The van der Waals surface area contributed by atoms with E-state index in [2.05, 4.69) is 16.2 Å². The summed E-state index contributed by atoms with van der Waals surface area (Å²) in [4.78, 5) is 27.2. The number of carbonyl (C=O) groups is 2. The van der Waals surface area contributed by atoms with Crippen LogP contribution in [0.3, 0.4) is 0 Å². The predicted octanol–water partition coefficient (Wildman–Crippen LogP) is 2.75. The summed E-state index contributed by atoms with van der Waals surface area (Å²) in [6, 6.07) is 12.0. The third kappa shape index (κ3) is 3.69. The molecule has 0 spiro atoms. The van der Waals surface area contributed by atoms with Crippen molar-refractivity contribution in [3.63, 3.8) is 0 Å². The minimum Gasteiger partial charge on any atom is -0.324 e. The van der Waals surface area contributed by atoms with Crippen LogP contribution in [0.25, 0.3) is 0 Å². The first-order valence-corrected chi connectivity index (χ1v) is 10.6. The molecule has 3 amide bonds. The Morgan fingerprint density at radius 1 is 1.12 bits per heavy atom. The number of nitrogens with zero attached hydrogens (tertiary/aromatic N) is 3. The molecule has 2 saturated heterocycles. The van der Waals surface area contributed by atoms with E-state index in [0.717, 1.165) is 28.8 Å². The van der Waals surface area contributed by atoms with Gasteiger partial charge < -0.3 is 10.3 Å². The zero-order valence-electron chi connectivity index (χ0n) is 17.9. The molecular formula is C23H25FN6O2. The van der Waals surface area contributed by atoms with Gasteiger partial charge in [0.25, 0.3) is 0 Å². The number of rotatable bonds is 4. The summed E-state index contributed by atoms with van der Waals surface area (Å²) in [5.41, 5.74) is 10.3. The van der Waals surface area contributed by atoms with Crippen LogP contribution in [0.4, 0.5) is 14.9 Å². The number of halogens is 1. The maximum atomic E-state index is 13.3. The van der Waals surface area contributed by atoms with E-state index in [1.54, 1.807) is 23.2 Å². The number of amides is 3. The highest BCUT2D eigenvalue weighted by Gasteiger charge is 2.48. The second-order valence-electron chi connectivity index (χ2n) is 8.46. The van der Waals surface area contributed by atoms with Crippen LogP contribution in [0.2, 0.25) is 0 Å². The Kier molecular flexibility index (Phi) is 5.07. The standard InChI is InChI=1S/C23H25FN6O2/c1-14-3-4-15(2)18(11-14)25-21(31)13-30-23(32)28-9-10-29-20(22(28)27-30)12-19(26-29)16-5-7-17(24)8-6-16/h3-11,19-20,22,26-27H,12-13H2,1-2H3,(H,25,31). The van der Waals surface area contributed by atoms with Crippen molar-refractivity contribution in [3.05, 3.63) is 77.4 Å². The number of benzene rings is 2. The number of nitrogens with one attached hydrogen (secondary N) is 3. The second kappa shape index (κ2) is 7.92. The zero-order chi connectivity index (χ0) is 22.4. The number of hydrogen-bond donors (Lipinski definition) is 3. The molecule has 2 aromatic rings. The van der Waals surface area contributed by atoms with E-state index in [4.69, 9.17) is 0 Å². The monoisotopic (exact) mass is 436 g/mol. The molecule has 3 unspecified atom stereocenters. The Morgan fingerprint density at radius 3 is 2.69 bits per heavy atom. The van der Waals surface area contributed by atoms with Gasteiger partial charge in [-0.05, 0) is 55.2 Å². The van der Waals surface area contributed by atoms with E-state index in [1.807, 2.05) is 43.3 Å². The van der Waals surface area contributed by atoms with E-state index in [9.17, 15) is 14.0 Å². The van der Waals surface area contributed by atoms with Crippen LogP contribution in [0.5, 0.6) is 0 Å². The molecule has 0 aromatic heterocycles. The lowest BCUT2D eigenvalue weighted by Gasteiger charge is -2.34. The summed E-state index contributed by atoms with van der Waals surface area (Å²) < 4.78 is 13.3. The molecule has 9 heteroatoms. The van der Waals surface area contributed by atoms with Gasteiger partial charge in [0.15, 0.2) is 0 Å². The van der Waals surface area contributed by atoms with Gasteiger partial charge >= 0.3 is 6.03 Å². The van der Waals surface area contributed by atoms with Crippen LogP contribution in [0.15, 0.2) is 54.9 Å². The Hall–Kier alpha value is -3.43. The molecule has 3 aliphatic heterocycles. The Balaban J connectivity index is 1.26. The molecule has 3 heterocycles. The fourth-order valence-corrected chi connectivity index (χ4v) is 4.45. The van der Waals surface area contributed by atoms with Gasteiger partial charge in [-0.3, -0.25) is 9.69 Å². The minimum absolute atomic E-state index is 0.00347. The second-order valence-corrected chi connectivity index (χ2v) is 8.46. The number of aryl methyl sites for hydroxylation is 2. The molecule has 5 rings (SSSR count). The van der Waals surface area contributed by atoms with Gasteiger partial charge in [-0.1, -0.05) is 24.3 Å². The van der Waals surface area contributed by atoms with Crippen LogP contribution in [0.1, 0.15) is 29.2 Å². The molecule has 166 valence electrons. The van der Waals surface area contributed by atoms with Gasteiger partial charge in [0, 0.05) is 18.1 Å². The molecule has 0 aliphatic carbocycles. The first-order chi connectivity index (χ1) is 15.4. The lowest BCUT2D eigenvalue weighted by atomic mass is 10.00. The van der Waals surface area contributed by atoms with Crippen LogP contribution in [-0.4, -0.2) is 45.6 Å². The Morgan fingerprint density at radius 2 is 1.91 bits per heavy atom. The van der Waals surface area contributed by atoms with Gasteiger partial charge in [0.05, 0.1) is 12.1 Å². The lowest BCUT2D eigenvalue weighted by Crippen LogP contribution is -2.54. The van der Waals surface area contributed by atoms with Crippen molar-refractivity contribution in [2.75, 3.05) is 11.9 Å². The van der Waals surface area contributed by atoms with Crippen molar-refractivity contribution in [3.8, 4) is 0 Å². The molecule has 3 atom stereocenters. The van der Waals surface area contributed by atoms with E-state index >= 15 is 0 Å². The fourth-order valence-electron chi connectivity index (χ4n) is 4.45. The fraction of sp³-hybridized carbons (Fsp3) is 0.304. The topological polar surface area (TPSA) is 80.0 Å². The third-order valence-electron chi connectivity index (χ3n) is 6.17. The van der Waals surface area contributed by atoms with Gasteiger partial charge in [-0.15, -0.1) is 0 Å². The number of hydrogen-bond acceptors (Lipinski definition) is 5. The molecular weight excluding hydrogens is 411 g/mol. The van der Waals surface area contributed by atoms with Gasteiger partial charge in [0.1, 0.15) is 18.5 Å². The summed E-state index contributed by atoms with van der Waals surface area (Å²) in [6.45, 7) is 3.79. The SMILES string of the molecule is Cc1ccc(C)c(NC(=O)CN2NC3C4CC(c5ccc(F)cc5)NN4C=CN3C2=O)c1. The number of hydrazine groups is 2. The van der Waals surface area contributed by atoms with Crippen LogP contribution < -0.4 is 16.2 Å². The normalized spacial score (nSPS) is 24.0. The summed E-state index contributed by atoms with van der Waals surface area (Å²) in [5, 5.41) is 6.22. The quantitative estimate of drug-likeness (QED) is 0.687. The van der Waals surface area contributed by atoms with Crippen LogP contribution in [0, 0.1) is 19.7 Å². The number of urea groups is 1. The van der Waals surface area contributed by atoms with Gasteiger partial charge in [0.2, 0.25) is 5.91 Å². The summed E-state index contributed by atoms with van der Waals surface area (Å²) in [7, 11) is 0. The minimum atomic E-state index is -0.307. The smallest absolute Gasteiger partial charge is 0.324 e. The molecule has 0 radical (unpaired) electrons. The van der Waals surface area contributed by atoms with Crippen LogP contribution >= 0.6 is 0 Å². The van der Waals surface area contributed by atoms with E-state index in [-0.39, 0.29) is 42.5 Å².